The first kappa shape index (κ1) is 20.1. The van der Waals surface area contributed by atoms with E-state index in [1.807, 2.05) is 51.1 Å². The van der Waals surface area contributed by atoms with Crippen molar-refractivity contribution in [2.45, 2.75) is 33.7 Å². The summed E-state index contributed by atoms with van der Waals surface area (Å²) in [5.74, 6) is 0.544. The topological polar surface area (TPSA) is 68.0 Å². The molecule has 30 heavy (non-hydrogen) atoms. The van der Waals surface area contributed by atoms with Gasteiger partial charge in [-0.3, -0.25) is 9.78 Å². The van der Waals surface area contributed by atoms with Crippen molar-refractivity contribution in [3.05, 3.63) is 86.6 Å². The summed E-state index contributed by atoms with van der Waals surface area (Å²) in [5, 5.41) is 4.50. The van der Waals surface area contributed by atoms with Crippen molar-refractivity contribution in [2.75, 3.05) is 5.32 Å². The molecule has 0 amide bonds. The normalized spacial score (nSPS) is 12.2. The average molecular weight is 420 g/mol. The van der Waals surface area contributed by atoms with Gasteiger partial charge in [0.05, 0.1) is 22.8 Å². The van der Waals surface area contributed by atoms with Gasteiger partial charge in [-0.25, -0.2) is 4.98 Å². The zero-order valence-electron chi connectivity index (χ0n) is 17.3. The fourth-order valence-electron chi connectivity index (χ4n) is 3.66. The molecular weight excluding hydrogens is 398 g/mol. The Morgan fingerprint density at radius 1 is 1.13 bits per heavy atom. The van der Waals surface area contributed by atoms with Crippen LogP contribution in [-0.4, -0.2) is 9.97 Å². The van der Waals surface area contributed by atoms with Crippen LogP contribution in [0.5, 0.6) is 0 Å². The summed E-state index contributed by atoms with van der Waals surface area (Å²) in [7, 11) is 0. The van der Waals surface area contributed by atoms with E-state index in [4.69, 9.17) is 16.0 Å². The minimum atomic E-state index is -0.123. The molecule has 0 saturated carbocycles. The molecule has 0 aliphatic carbocycles. The molecule has 0 spiro atoms. The van der Waals surface area contributed by atoms with E-state index in [1.54, 1.807) is 25.4 Å². The summed E-state index contributed by atoms with van der Waals surface area (Å²) >= 11 is 5.98. The SMILES string of the molecule is Cc1cc(C(C)Nc2ccc(Cl)nc2C)c2oc(-c3cccnc3)c(C)c(=O)c2c1. The zero-order chi connectivity index (χ0) is 21.4. The molecule has 0 saturated heterocycles. The predicted molar refractivity (Wildman–Crippen MR) is 121 cm³/mol. The maximum absolute atomic E-state index is 13.2. The Balaban J connectivity index is 1.89. The van der Waals surface area contributed by atoms with Crippen molar-refractivity contribution in [2.24, 2.45) is 0 Å². The molecule has 5 nitrogen and oxygen atoms in total. The second-order valence-electron chi connectivity index (χ2n) is 7.49. The lowest BCUT2D eigenvalue weighted by molar-refractivity contribution is 0.605. The molecule has 0 fully saturated rings. The standard InChI is InChI=1S/C24H22ClN3O2/c1-13-10-18(15(3)27-20-7-8-21(25)28-16(20)4)24-19(11-13)22(29)14(2)23(30-24)17-6-5-9-26-12-17/h5-12,15,27H,1-4H3. The highest BCUT2D eigenvalue weighted by Gasteiger charge is 2.19. The summed E-state index contributed by atoms with van der Waals surface area (Å²) in [6.07, 6.45) is 3.40. The van der Waals surface area contributed by atoms with E-state index in [0.717, 1.165) is 28.1 Å². The molecule has 4 aromatic rings. The van der Waals surface area contributed by atoms with Crippen molar-refractivity contribution < 1.29 is 4.42 Å². The Bertz CT molecular complexity index is 1300. The van der Waals surface area contributed by atoms with Crippen molar-refractivity contribution in [3.63, 3.8) is 0 Å². The summed E-state index contributed by atoms with van der Waals surface area (Å²) in [4.78, 5) is 21.6. The highest BCUT2D eigenvalue weighted by Crippen LogP contribution is 2.32. The first-order valence-corrected chi connectivity index (χ1v) is 10.1. The van der Waals surface area contributed by atoms with Gasteiger partial charge in [-0.2, -0.15) is 0 Å². The van der Waals surface area contributed by atoms with Gasteiger partial charge in [0.15, 0.2) is 5.43 Å². The lowest BCUT2D eigenvalue weighted by Gasteiger charge is -2.19. The number of hydrogen-bond donors (Lipinski definition) is 1. The van der Waals surface area contributed by atoms with Gasteiger partial charge in [0.1, 0.15) is 16.5 Å². The first-order valence-electron chi connectivity index (χ1n) is 9.73. The van der Waals surface area contributed by atoms with Crippen molar-refractivity contribution >= 4 is 28.3 Å². The number of aryl methyl sites for hydroxylation is 2. The molecular formula is C24H22ClN3O2. The molecule has 152 valence electrons. The van der Waals surface area contributed by atoms with Gasteiger partial charge in [0, 0.05) is 29.1 Å². The van der Waals surface area contributed by atoms with E-state index in [2.05, 4.69) is 15.3 Å². The summed E-state index contributed by atoms with van der Waals surface area (Å²) in [6, 6.07) is 11.2. The fourth-order valence-corrected chi connectivity index (χ4v) is 3.85. The van der Waals surface area contributed by atoms with Crippen LogP contribution in [0.1, 0.15) is 35.3 Å². The second kappa shape index (κ2) is 7.92. The second-order valence-corrected chi connectivity index (χ2v) is 7.88. The van der Waals surface area contributed by atoms with Crippen LogP contribution in [0.3, 0.4) is 0 Å². The van der Waals surface area contributed by atoms with Crippen LogP contribution in [0, 0.1) is 20.8 Å². The summed E-state index contributed by atoms with van der Waals surface area (Å²) in [6.45, 7) is 7.71. The number of anilines is 1. The molecule has 3 heterocycles. The predicted octanol–water partition coefficient (Wildman–Crippen LogP) is 6.00. The van der Waals surface area contributed by atoms with Crippen LogP contribution in [0.2, 0.25) is 5.15 Å². The van der Waals surface area contributed by atoms with E-state index in [0.29, 0.717) is 27.4 Å². The van der Waals surface area contributed by atoms with E-state index in [9.17, 15) is 4.79 Å². The van der Waals surface area contributed by atoms with Gasteiger partial charge >= 0.3 is 0 Å². The Morgan fingerprint density at radius 3 is 2.63 bits per heavy atom. The number of benzene rings is 1. The number of aromatic nitrogens is 2. The van der Waals surface area contributed by atoms with Gasteiger partial charge in [0.2, 0.25) is 0 Å². The van der Waals surface area contributed by atoms with E-state index in [-0.39, 0.29) is 11.5 Å². The number of halogens is 1. The number of rotatable bonds is 4. The van der Waals surface area contributed by atoms with Gasteiger partial charge < -0.3 is 9.73 Å². The van der Waals surface area contributed by atoms with E-state index < -0.39 is 0 Å². The molecule has 1 N–H and O–H groups in total. The maximum Gasteiger partial charge on any atom is 0.196 e. The number of nitrogens with zero attached hydrogens (tertiary/aromatic N) is 2. The Morgan fingerprint density at radius 2 is 1.93 bits per heavy atom. The minimum Gasteiger partial charge on any atom is -0.455 e. The maximum atomic E-state index is 13.2. The number of fused-ring (bicyclic) bond motifs is 1. The van der Waals surface area contributed by atoms with Gasteiger partial charge in [-0.15, -0.1) is 0 Å². The molecule has 1 aromatic carbocycles. The number of hydrogen-bond acceptors (Lipinski definition) is 5. The Hall–Kier alpha value is -3.18. The Labute approximate surface area is 179 Å². The van der Waals surface area contributed by atoms with Gasteiger partial charge in [-0.05, 0) is 63.6 Å². The van der Waals surface area contributed by atoms with Crippen molar-refractivity contribution in [3.8, 4) is 11.3 Å². The quantitative estimate of drug-likeness (QED) is 0.411. The van der Waals surface area contributed by atoms with Crippen molar-refractivity contribution in [1.82, 2.24) is 9.97 Å². The number of nitrogens with one attached hydrogen (secondary N) is 1. The molecule has 1 unspecified atom stereocenters. The first-order chi connectivity index (χ1) is 14.3. The van der Waals surface area contributed by atoms with E-state index >= 15 is 0 Å². The fraction of sp³-hybridized carbons (Fsp3) is 0.208. The highest BCUT2D eigenvalue weighted by atomic mass is 35.5. The van der Waals surface area contributed by atoms with Crippen LogP contribution < -0.4 is 10.7 Å². The lowest BCUT2D eigenvalue weighted by Crippen LogP contribution is -2.13. The average Bonchev–Trinajstić information content (AvgIpc) is 2.73. The molecule has 0 radical (unpaired) electrons. The summed E-state index contributed by atoms with van der Waals surface area (Å²) < 4.78 is 6.34. The third kappa shape index (κ3) is 3.68. The molecule has 1 atom stereocenters. The number of pyridine rings is 2. The zero-order valence-corrected chi connectivity index (χ0v) is 18.0. The highest BCUT2D eigenvalue weighted by molar-refractivity contribution is 6.29. The minimum absolute atomic E-state index is 0.0309. The van der Waals surface area contributed by atoms with Crippen molar-refractivity contribution in [1.29, 1.82) is 0 Å². The summed E-state index contributed by atoms with van der Waals surface area (Å²) in [5.41, 5.74) is 5.48. The van der Waals surface area contributed by atoms with E-state index in [1.165, 1.54) is 0 Å². The van der Waals surface area contributed by atoms with Crippen LogP contribution in [0.15, 0.2) is 58.0 Å². The van der Waals surface area contributed by atoms with Crippen LogP contribution in [-0.2, 0) is 0 Å². The monoisotopic (exact) mass is 419 g/mol. The molecule has 0 aliphatic heterocycles. The van der Waals surface area contributed by atoms with Gasteiger partial charge in [0.25, 0.3) is 0 Å². The molecule has 3 aromatic heterocycles. The molecule has 4 rings (SSSR count). The van der Waals surface area contributed by atoms with Crippen LogP contribution in [0.25, 0.3) is 22.3 Å². The molecule has 0 aliphatic rings. The molecule has 0 bridgehead atoms. The largest absolute Gasteiger partial charge is 0.455 e. The third-order valence-electron chi connectivity index (χ3n) is 5.21. The van der Waals surface area contributed by atoms with Crippen LogP contribution in [0.4, 0.5) is 5.69 Å². The third-order valence-corrected chi connectivity index (χ3v) is 5.42. The lowest BCUT2D eigenvalue weighted by atomic mass is 9.99. The Kier molecular flexibility index (Phi) is 5.31. The smallest absolute Gasteiger partial charge is 0.196 e. The van der Waals surface area contributed by atoms with Gasteiger partial charge in [-0.1, -0.05) is 17.7 Å². The van der Waals surface area contributed by atoms with Crippen LogP contribution >= 0.6 is 11.6 Å². The molecule has 6 heteroatoms.